The molecular formula is C29H30N6O3. The molecule has 1 fully saturated rings. The molecule has 1 aliphatic heterocycles. The molecule has 4 heterocycles. The third-order valence-electron chi connectivity index (χ3n) is 6.81. The number of fused-ring (bicyclic) bond motifs is 1. The van der Waals surface area contributed by atoms with Gasteiger partial charge in [0.05, 0.1) is 36.0 Å². The van der Waals surface area contributed by atoms with Gasteiger partial charge in [-0.25, -0.2) is 9.50 Å². The molecule has 0 radical (unpaired) electrons. The minimum absolute atomic E-state index is 0.0588. The molecule has 1 atom stereocenters. The summed E-state index contributed by atoms with van der Waals surface area (Å²) >= 11 is 0. The van der Waals surface area contributed by atoms with Crippen molar-refractivity contribution in [2.24, 2.45) is 0 Å². The third-order valence-corrected chi connectivity index (χ3v) is 6.81. The first-order valence-electron chi connectivity index (χ1n) is 12.7. The lowest BCUT2D eigenvalue weighted by Gasteiger charge is -2.35. The van der Waals surface area contributed by atoms with Crippen molar-refractivity contribution >= 4 is 17.2 Å². The normalized spacial score (nSPS) is 14.3. The molecule has 38 heavy (non-hydrogen) atoms. The topological polar surface area (TPSA) is 96.0 Å². The number of nitrogens with zero attached hydrogens (tertiary/aromatic N) is 6. The Morgan fingerprint density at radius 3 is 2.58 bits per heavy atom. The Morgan fingerprint density at radius 1 is 1.11 bits per heavy atom. The summed E-state index contributed by atoms with van der Waals surface area (Å²) in [6, 6.07) is 18.0. The van der Waals surface area contributed by atoms with E-state index < -0.39 is 0 Å². The Kier molecular flexibility index (Phi) is 7.52. The van der Waals surface area contributed by atoms with Gasteiger partial charge < -0.3 is 19.3 Å². The van der Waals surface area contributed by atoms with E-state index in [2.05, 4.69) is 16.1 Å². The fourth-order valence-corrected chi connectivity index (χ4v) is 4.56. The molecular weight excluding hydrogens is 480 g/mol. The molecule has 0 unspecified atom stereocenters. The van der Waals surface area contributed by atoms with Gasteiger partial charge in [0.15, 0.2) is 0 Å². The highest BCUT2D eigenvalue weighted by atomic mass is 16.5. The fraction of sp³-hybridized carbons (Fsp3) is 0.310. The van der Waals surface area contributed by atoms with E-state index in [4.69, 9.17) is 14.5 Å². The standard InChI is InChI=1S/C29H30N6O3/c1-21(37-2)20-38-25-15-26(29-24(16-30)18-32-35(29)19-25)23-8-9-27(31-17-23)33-10-12-34(13-11-33)28(36)14-22-6-4-3-5-7-22/h3-9,15,17-19,21H,10-14,20H2,1-2H3/t21-/m1/s1. The van der Waals surface area contributed by atoms with Gasteiger partial charge in [-0.1, -0.05) is 30.3 Å². The Morgan fingerprint density at radius 2 is 1.89 bits per heavy atom. The molecule has 3 aromatic heterocycles. The van der Waals surface area contributed by atoms with Gasteiger partial charge in [0.25, 0.3) is 0 Å². The number of nitriles is 1. The molecule has 0 N–H and O–H groups in total. The molecule has 1 aromatic carbocycles. The number of ether oxygens (including phenoxy) is 2. The van der Waals surface area contributed by atoms with Crippen LogP contribution in [0.25, 0.3) is 16.6 Å². The zero-order valence-electron chi connectivity index (χ0n) is 21.6. The molecule has 9 nitrogen and oxygen atoms in total. The molecule has 5 rings (SSSR count). The van der Waals surface area contributed by atoms with Crippen LogP contribution in [0.5, 0.6) is 5.75 Å². The second kappa shape index (κ2) is 11.3. The molecule has 1 amide bonds. The summed E-state index contributed by atoms with van der Waals surface area (Å²) in [4.78, 5) is 21.6. The number of aromatic nitrogens is 3. The lowest BCUT2D eigenvalue weighted by molar-refractivity contribution is -0.130. The summed E-state index contributed by atoms with van der Waals surface area (Å²) in [5.41, 5.74) is 3.90. The molecule has 0 bridgehead atoms. The molecule has 9 heteroatoms. The number of anilines is 1. The number of methoxy groups -OCH3 is 1. The molecule has 194 valence electrons. The second-order valence-corrected chi connectivity index (χ2v) is 9.35. The van der Waals surface area contributed by atoms with Crippen molar-refractivity contribution in [1.29, 1.82) is 5.26 Å². The van der Waals surface area contributed by atoms with Crippen LogP contribution in [0.4, 0.5) is 5.82 Å². The molecule has 0 saturated carbocycles. The van der Waals surface area contributed by atoms with E-state index in [0.717, 1.165) is 35.6 Å². The minimum atomic E-state index is -0.0588. The van der Waals surface area contributed by atoms with Gasteiger partial charge in [-0.05, 0) is 30.7 Å². The first kappa shape index (κ1) is 25.2. The lowest BCUT2D eigenvalue weighted by Crippen LogP contribution is -2.49. The van der Waals surface area contributed by atoms with Crippen molar-refractivity contribution < 1.29 is 14.3 Å². The van der Waals surface area contributed by atoms with Gasteiger partial charge >= 0.3 is 0 Å². The van der Waals surface area contributed by atoms with E-state index in [0.29, 0.717) is 42.9 Å². The van der Waals surface area contributed by atoms with E-state index in [9.17, 15) is 10.1 Å². The Bertz CT molecular complexity index is 1440. The Labute approximate surface area is 221 Å². The fourth-order valence-electron chi connectivity index (χ4n) is 4.56. The van der Waals surface area contributed by atoms with Gasteiger partial charge in [-0.3, -0.25) is 4.79 Å². The van der Waals surface area contributed by atoms with Crippen LogP contribution in [0.3, 0.4) is 0 Å². The van der Waals surface area contributed by atoms with Crippen LogP contribution in [0, 0.1) is 11.3 Å². The summed E-state index contributed by atoms with van der Waals surface area (Å²) < 4.78 is 12.9. The maximum absolute atomic E-state index is 12.7. The SMILES string of the molecule is CO[C@H](C)COc1cc(-c2ccc(N3CCN(C(=O)Cc4ccccc4)CC3)nc2)c2c(C#N)cnn2c1. The van der Waals surface area contributed by atoms with Gasteiger partial charge in [0.2, 0.25) is 5.91 Å². The number of hydrogen-bond donors (Lipinski definition) is 0. The highest BCUT2D eigenvalue weighted by Gasteiger charge is 2.22. The monoisotopic (exact) mass is 510 g/mol. The highest BCUT2D eigenvalue weighted by Crippen LogP contribution is 2.31. The number of piperazine rings is 1. The van der Waals surface area contributed by atoms with E-state index in [1.54, 1.807) is 24.0 Å². The van der Waals surface area contributed by atoms with Crippen LogP contribution < -0.4 is 9.64 Å². The van der Waals surface area contributed by atoms with Crippen LogP contribution >= 0.6 is 0 Å². The maximum atomic E-state index is 12.7. The van der Waals surface area contributed by atoms with Crippen LogP contribution in [0.15, 0.2) is 67.1 Å². The molecule has 0 spiro atoms. The van der Waals surface area contributed by atoms with Crippen LogP contribution in [-0.4, -0.2) is 71.4 Å². The van der Waals surface area contributed by atoms with Gasteiger partial charge in [0, 0.05) is 50.6 Å². The molecule has 1 saturated heterocycles. The van der Waals surface area contributed by atoms with E-state index in [1.165, 1.54) is 0 Å². The van der Waals surface area contributed by atoms with Crippen molar-refractivity contribution in [2.75, 3.05) is 44.8 Å². The van der Waals surface area contributed by atoms with Crippen molar-refractivity contribution in [3.05, 3.63) is 78.2 Å². The zero-order chi connectivity index (χ0) is 26.5. The number of benzene rings is 1. The van der Waals surface area contributed by atoms with Crippen LogP contribution in [0.2, 0.25) is 0 Å². The summed E-state index contributed by atoms with van der Waals surface area (Å²) in [6.45, 7) is 5.10. The first-order valence-corrected chi connectivity index (χ1v) is 12.7. The summed E-state index contributed by atoms with van der Waals surface area (Å²) in [7, 11) is 1.64. The van der Waals surface area contributed by atoms with E-state index in [1.807, 2.05) is 66.6 Å². The Balaban J connectivity index is 1.30. The lowest BCUT2D eigenvalue weighted by atomic mass is 10.1. The highest BCUT2D eigenvalue weighted by molar-refractivity contribution is 5.85. The average molecular weight is 511 g/mol. The Hall–Kier alpha value is -4.42. The quantitative estimate of drug-likeness (QED) is 0.358. The van der Waals surface area contributed by atoms with E-state index >= 15 is 0 Å². The van der Waals surface area contributed by atoms with Crippen molar-refractivity contribution in [2.45, 2.75) is 19.4 Å². The zero-order valence-corrected chi connectivity index (χ0v) is 21.6. The first-order chi connectivity index (χ1) is 18.6. The number of pyridine rings is 2. The summed E-state index contributed by atoms with van der Waals surface area (Å²) in [6.07, 6.45) is 5.50. The molecule has 4 aromatic rings. The minimum Gasteiger partial charge on any atom is -0.489 e. The number of carbonyl (C=O) groups is 1. The predicted molar refractivity (Wildman–Crippen MR) is 144 cm³/mol. The summed E-state index contributed by atoms with van der Waals surface area (Å²) in [5, 5.41) is 14.0. The number of carbonyl (C=O) groups excluding carboxylic acids is 1. The molecule has 0 aliphatic carbocycles. The smallest absolute Gasteiger partial charge is 0.227 e. The van der Waals surface area contributed by atoms with Crippen molar-refractivity contribution in [3.8, 4) is 22.9 Å². The second-order valence-electron chi connectivity index (χ2n) is 9.35. The van der Waals surface area contributed by atoms with Gasteiger partial charge in [0.1, 0.15) is 24.2 Å². The third kappa shape index (κ3) is 5.45. The maximum Gasteiger partial charge on any atom is 0.227 e. The van der Waals surface area contributed by atoms with Gasteiger partial charge in [-0.2, -0.15) is 10.4 Å². The number of rotatable bonds is 8. The van der Waals surface area contributed by atoms with Crippen molar-refractivity contribution in [1.82, 2.24) is 19.5 Å². The van der Waals surface area contributed by atoms with Crippen LogP contribution in [-0.2, 0) is 16.0 Å². The number of hydrogen-bond acceptors (Lipinski definition) is 7. The largest absolute Gasteiger partial charge is 0.489 e. The van der Waals surface area contributed by atoms with Crippen molar-refractivity contribution in [3.63, 3.8) is 0 Å². The summed E-state index contributed by atoms with van der Waals surface area (Å²) in [5.74, 6) is 1.64. The van der Waals surface area contributed by atoms with Gasteiger partial charge in [-0.15, -0.1) is 0 Å². The molecule has 1 aliphatic rings. The average Bonchev–Trinajstić information content (AvgIpc) is 3.39. The number of amides is 1. The van der Waals surface area contributed by atoms with E-state index in [-0.39, 0.29) is 12.0 Å². The van der Waals surface area contributed by atoms with Crippen LogP contribution in [0.1, 0.15) is 18.1 Å². The predicted octanol–water partition coefficient (Wildman–Crippen LogP) is 3.57.